The van der Waals surface area contributed by atoms with Crippen LogP contribution in [0.4, 0.5) is 5.69 Å². The average molecular weight is 574 g/mol. The first kappa shape index (κ1) is 28.6. The van der Waals surface area contributed by atoms with Crippen molar-refractivity contribution in [1.29, 1.82) is 0 Å². The van der Waals surface area contributed by atoms with Crippen molar-refractivity contribution in [2.75, 3.05) is 24.5 Å². The zero-order valence-electron chi connectivity index (χ0n) is 23.7. The highest BCUT2D eigenvalue weighted by Crippen LogP contribution is 2.57. The molecular formula is C31H31N3O8. The zero-order valence-corrected chi connectivity index (χ0v) is 23.7. The van der Waals surface area contributed by atoms with Gasteiger partial charge >= 0.3 is 0 Å². The molecule has 0 aromatic heterocycles. The number of nitrogens with zero attached hydrogens (tertiary/aromatic N) is 1. The molecule has 5 rings (SSSR count). The quantitative estimate of drug-likeness (QED) is 0.169. The number of rotatable bonds is 7. The minimum absolute atomic E-state index is 0.0139. The number of ketones is 3. The van der Waals surface area contributed by atoms with E-state index >= 15 is 0 Å². The summed E-state index contributed by atoms with van der Waals surface area (Å²) in [5.41, 5.74) is -0.911. The van der Waals surface area contributed by atoms with Crippen molar-refractivity contribution < 1.29 is 38.9 Å². The van der Waals surface area contributed by atoms with Gasteiger partial charge in [-0.1, -0.05) is 18.2 Å². The Bertz CT molecular complexity index is 1620. The number of carbonyl (C=O) groups is 5. The second-order valence-electron chi connectivity index (χ2n) is 10.8. The minimum atomic E-state index is -1.61. The Balaban J connectivity index is 1.29. The number of ether oxygens (including phenoxy) is 1. The Morgan fingerprint density at radius 2 is 1.71 bits per heavy atom. The molecule has 1 aliphatic carbocycles. The van der Waals surface area contributed by atoms with Crippen molar-refractivity contribution in [3.63, 3.8) is 0 Å². The van der Waals surface area contributed by atoms with Crippen LogP contribution in [0, 0.1) is 12.8 Å². The van der Waals surface area contributed by atoms with Gasteiger partial charge in [-0.25, -0.2) is 0 Å². The number of phenolic OH excluding ortho intramolecular Hbond substituents is 2. The lowest BCUT2D eigenvalue weighted by Crippen LogP contribution is -2.42. The Hall–Kier alpha value is -4.93. The van der Waals surface area contributed by atoms with E-state index in [0.29, 0.717) is 0 Å². The molecule has 11 nitrogen and oxygen atoms in total. The molecule has 2 heterocycles. The summed E-state index contributed by atoms with van der Waals surface area (Å²) < 4.78 is 5.77. The van der Waals surface area contributed by atoms with Crippen molar-refractivity contribution in [3.05, 3.63) is 70.1 Å². The second kappa shape index (κ2) is 10.5. The molecule has 1 fully saturated rings. The summed E-state index contributed by atoms with van der Waals surface area (Å²) in [5, 5.41) is 27.2. The number of carbonyl (C=O) groups excluding carboxylic acids is 5. The number of para-hydroxylation sites is 1. The second-order valence-corrected chi connectivity index (χ2v) is 10.8. The standard InChI is InChI=1S/C31H31N3O8/c1-15-26(38)24(17(3)35)28-25(27(15)39)31(4)21(42-28)13-20(36)23(29(31)40)16(2)32-10-11-33-30(41)18-12-22(37)34(14-18)19-8-6-5-7-9-19/h5-9,13,18,32,38-39H,10-12,14H2,1-4H3,(H,33,41). The maximum Gasteiger partial charge on any atom is 0.227 e. The molecule has 2 unspecified atom stereocenters. The number of allylic oxidation sites excluding steroid dienone is 4. The smallest absolute Gasteiger partial charge is 0.227 e. The summed E-state index contributed by atoms with van der Waals surface area (Å²) >= 11 is 0. The van der Waals surface area contributed by atoms with Gasteiger partial charge in [0.25, 0.3) is 0 Å². The maximum atomic E-state index is 13.9. The first-order chi connectivity index (χ1) is 19.9. The molecule has 1 saturated heterocycles. The van der Waals surface area contributed by atoms with Gasteiger partial charge < -0.3 is 30.5 Å². The Kier molecular flexibility index (Phi) is 7.13. The monoisotopic (exact) mass is 573 g/mol. The number of anilines is 1. The molecule has 0 bridgehead atoms. The third kappa shape index (κ3) is 4.41. The van der Waals surface area contributed by atoms with Crippen molar-refractivity contribution >= 4 is 34.9 Å². The normalized spacial score (nSPS) is 22.3. The molecule has 2 aromatic rings. The number of benzene rings is 2. The number of hydrogen-bond donors (Lipinski definition) is 4. The van der Waals surface area contributed by atoms with E-state index < -0.39 is 40.2 Å². The molecule has 2 amide bonds. The van der Waals surface area contributed by atoms with Crippen LogP contribution in [0.5, 0.6) is 17.2 Å². The molecule has 2 aliphatic heterocycles. The molecule has 2 aromatic carbocycles. The van der Waals surface area contributed by atoms with E-state index in [1.807, 2.05) is 30.3 Å². The van der Waals surface area contributed by atoms with Crippen LogP contribution in [0.1, 0.15) is 48.7 Å². The van der Waals surface area contributed by atoms with E-state index in [-0.39, 0.29) is 77.3 Å². The van der Waals surface area contributed by atoms with Gasteiger partial charge in [-0.3, -0.25) is 24.0 Å². The van der Waals surface area contributed by atoms with E-state index in [0.717, 1.165) is 11.8 Å². The molecule has 42 heavy (non-hydrogen) atoms. The maximum absolute atomic E-state index is 13.9. The van der Waals surface area contributed by atoms with Gasteiger partial charge in [0.15, 0.2) is 17.3 Å². The lowest BCUT2D eigenvalue weighted by atomic mass is 9.70. The molecule has 0 radical (unpaired) electrons. The Morgan fingerprint density at radius 3 is 2.38 bits per heavy atom. The predicted molar refractivity (Wildman–Crippen MR) is 151 cm³/mol. The topological polar surface area (TPSA) is 162 Å². The van der Waals surface area contributed by atoms with Crippen LogP contribution < -0.4 is 20.3 Å². The molecule has 0 saturated carbocycles. The molecule has 4 N–H and O–H groups in total. The molecule has 218 valence electrons. The first-order valence-corrected chi connectivity index (χ1v) is 13.5. The van der Waals surface area contributed by atoms with Crippen LogP contribution in [0.15, 0.2) is 53.4 Å². The minimum Gasteiger partial charge on any atom is -0.507 e. The highest BCUT2D eigenvalue weighted by atomic mass is 16.5. The highest BCUT2D eigenvalue weighted by molar-refractivity contribution is 6.31. The van der Waals surface area contributed by atoms with Crippen LogP contribution in [-0.2, 0) is 24.6 Å². The number of nitrogens with one attached hydrogen (secondary N) is 2. The van der Waals surface area contributed by atoms with Gasteiger partial charge in [0, 0.05) is 49.1 Å². The lowest BCUT2D eigenvalue weighted by molar-refractivity contribution is -0.126. The van der Waals surface area contributed by atoms with Crippen molar-refractivity contribution in [3.8, 4) is 17.2 Å². The van der Waals surface area contributed by atoms with E-state index in [4.69, 9.17) is 4.74 Å². The Labute approximate surface area is 241 Å². The number of Topliss-reactive ketones (excluding diaryl/α,β-unsaturated/α-hetero) is 2. The van der Waals surface area contributed by atoms with Gasteiger partial charge in [0.1, 0.15) is 34.0 Å². The third-order valence-corrected chi connectivity index (χ3v) is 8.14. The highest BCUT2D eigenvalue weighted by Gasteiger charge is 2.56. The summed E-state index contributed by atoms with van der Waals surface area (Å²) in [6.07, 6.45) is 1.25. The van der Waals surface area contributed by atoms with Crippen molar-refractivity contribution in [2.24, 2.45) is 5.92 Å². The van der Waals surface area contributed by atoms with E-state index in [1.54, 1.807) is 11.8 Å². The number of fused-ring (bicyclic) bond motifs is 3. The molecule has 2 atom stereocenters. The summed E-state index contributed by atoms with van der Waals surface area (Å²) in [7, 11) is 0. The lowest BCUT2D eigenvalue weighted by Gasteiger charge is -2.29. The number of hydrogen-bond acceptors (Lipinski definition) is 9. The fourth-order valence-electron chi connectivity index (χ4n) is 5.77. The fraction of sp³-hybridized carbons (Fsp3) is 0.323. The van der Waals surface area contributed by atoms with Crippen LogP contribution >= 0.6 is 0 Å². The molecule has 3 aliphatic rings. The number of amides is 2. The van der Waals surface area contributed by atoms with Gasteiger partial charge in [0.2, 0.25) is 11.8 Å². The van der Waals surface area contributed by atoms with Crippen molar-refractivity contribution in [2.45, 2.75) is 39.5 Å². The summed E-state index contributed by atoms with van der Waals surface area (Å²) in [6.45, 7) is 6.34. The number of aromatic hydroxyl groups is 2. The summed E-state index contributed by atoms with van der Waals surface area (Å²) in [4.78, 5) is 66.0. The fourth-order valence-corrected chi connectivity index (χ4v) is 5.77. The van der Waals surface area contributed by atoms with Gasteiger partial charge in [-0.05, 0) is 39.8 Å². The predicted octanol–water partition coefficient (Wildman–Crippen LogP) is 2.33. The van der Waals surface area contributed by atoms with Crippen LogP contribution in [0.3, 0.4) is 0 Å². The molecular weight excluding hydrogens is 542 g/mol. The van der Waals surface area contributed by atoms with E-state index in [2.05, 4.69) is 10.6 Å². The third-order valence-electron chi connectivity index (χ3n) is 8.14. The van der Waals surface area contributed by atoms with E-state index in [1.165, 1.54) is 20.8 Å². The largest absolute Gasteiger partial charge is 0.507 e. The first-order valence-electron chi connectivity index (χ1n) is 13.5. The van der Waals surface area contributed by atoms with Gasteiger partial charge in [0.05, 0.1) is 17.1 Å². The van der Waals surface area contributed by atoms with Gasteiger partial charge in [-0.2, -0.15) is 0 Å². The SMILES string of the molecule is CC(=O)c1c(O)c(C)c(O)c2c1OC1=CC(=O)C(=C(C)NCCNC(=O)C3CC(=O)N(c4ccccc4)C3)C(=O)C12C. The summed E-state index contributed by atoms with van der Waals surface area (Å²) in [6, 6.07) is 9.14. The average Bonchev–Trinajstić information content (AvgIpc) is 3.48. The van der Waals surface area contributed by atoms with Crippen molar-refractivity contribution in [1.82, 2.24) is 10.6 Å². The van der Waals surface area contributed by atoms with Crippen LogP contribution in [0.25, 0.3) is 0 Å². The molecule has 0 spiro atoms. The Morgan fingerprint density at radius 1 is 1.05 bits per heavy atom. The summed E-state index contributed by atoms with van der Waals surface area (Å²) in [5.74, 6) is -3.73. The van der Waals surface area contributed by atoms with Crippen LogP contribution in [0.2, 0.25) is 0 Å². The zero-order chi connectivity index (χ0) is 30.5. The molecule has 11 heteroatoms. The van der Waals surface area contributed by atoms with Crippen LogP contribution in [-0.4, -0.2) is 59.0 Å². The van der Waals surface area contributed by atoms with E-state index in [9.17, 15) is 34.2 Å². The van der Waals surface area contributed by atoms with Gasteiger partial charge in [-0.15, -0.1) is 0 Å². The number of phenols is 2.